The zero-order valence-electron chi connectivity index (χ0n) is 14.8. The minimum atomic E-state index is -0.225. The fourth-order valence-electron chi connectivity index (χ4n) is 3.52. The Hall–Kier alpha value is -2.06. The number of nitrogens with zero attached hydrogens (tertiary/aromatic N) is 4. The van der Waals surface area contributed by atoms with E-state index in [1.807, 2.05) is 6.20 Å². The van der Waals surface area contributed by atoms with Crippen LogP contribution in [0.4, 0.5) is 11.1 Å². The predicted octanol–water partition coefficient (Wildman–Crippen LogP) is 2.64. The van der Waals surface area contributed by atoms with Gasteiger partial charge in [-0.2, -0.15) is 0 Å². The lowest BCUT2D eigenvalue weighted by Crippen LogP contribution is -2.31. The van der Waals surface area contributed by atoms with Gasteiger partial charge in [-0.15, -0.1) is 11.3 Å². The van der Waals surface area contributed by atoms with E-state index in [-0.39, 0.29) is 5.91 Å². The molecule has 0 unspecified atom stereocenters. The maximum Gasteiger partial charge on any atom is 0.276 e. The standard InChI is InChI=1S/C18H24N6OS/c25-16(14-6-9-20-17(22-14)24-10-2-1-3-11-24)23-18-21-12-15(26-18)13-4-7-19-8-5-13/h6,9,12-13,19H,1-5,7-8,10-11H2,(H,21,23,25). The Morgan fingerprint density at radius 2 is 2.00 bits per heavy atom. The third kappa shape index (κ3) is 4.02. The van der Waals surface area contributed by atoms with Crippen LogP contribution in [0, 0.1) is 0 Å². The molecular formula is C18H24N6OS. The second-order valence-corrected chi connectivity index (χ2v) is 7.90. The summed E-state index contributed by atoms with van der Waals surface area (Å²) < 4.78 is 0. The highest BCUT2D eigenvalue weighted by atomic mass is 32.1. The second-order valence-electron chi connectivity index (χ2n) is 6.84. The van der Waals surface area contributed by atoms with E-state index in [0.717, 1.165) is 51.9 Å². The Kier molecular flexibility index (Phi) is 5.40. The molecule has 0 saturated carbocycles. The van der Waals surface area contributed by atoms with E-state index in [2.05, 4.69) is 30.5 Å². The lowest BCUT2D eigenvalue weighted by atomic mass is 9.97. The number of anilines is 2. The van der Waals surface area contributed by atoms with Crippen LogP contribution in [-0.4, -0.2) is 47.0 Å². The van der Waals surface area contributed by atoms with Crippen molar-refractivity contribution in [1.29, 1.82) is 0 Å². The van der Waals surface area contributed by atoms with Gasteiger partial charge in [-0.3, -0.25) is 10.1 Å². The Morgan fingerprint density at radius 1 is 1.19 bits per heavy atom. The smallest absolute Gasteiger partial charge is 0.276 e. The first kappa shape index (κ1) is 17.4. The number of nitrogens with one attached hydrogen (secondary N) is 2. The molecule has 0 aromatic carbocycles. The first-order chi connectivity index (χ1) is 12.8. The van der Waals surface area contributed by atoms with Crippen molar-refractivity contribution in [2.75, 3.05) is 36.4 Å². The Morgan fingerprint density at radius 3 is 2.81 bits per heavy atom. The number of amides is 1. The molecule has 2 aliphatic rings. The van der Waals surface area contributed by atoms with Gasteiger partial charge in [-0.05, 0) is 57.2 Å². The summed E-state index contributed by atoms with van der Waals surface area (Å²) in [5.74, 6) is 0.966. The van der Waals surface area contributed by atoms with Crippen LogP contribution in [-0.2, 0) is 0 Å². The topological polar surface area (TPSA) is 83.0 Å². The SMILES string of the molecule is O=C(Nc1ncc(C2CCNCC2)s1)c1ccnc(N2CCCCC2)n1. The van der Waals surface area contributed by atoms with E-state index in [0.29, 0.717) is 22.7 Å². The number of rotatable bonds is 4. The van der Waals surface area contributed by atoms with Crippen LogP contribution in [0.2, 0.25) is 0 Å². The number of hydrogen-bond acceptors (Lipinski definition) is 7. The molecule has 2 aliphatic heterocycles. The van der Waals surface area contributed by atoms with E-state index in [9.17, 15) is 4.79 Å². The molecule has 0 aliphatic carbocycles. The van der Waals surface area contributed by atoms with Crippen molar-refractivity contribution in [3.05, 3.63) is 29.0 Å². The van der Waals surface area contributed by atoms with Gasteiger partial charge in [0.1, 0.15) is 5.69 Å². The Labute approximate surface area is 157 Å². The summed E-state index contributed by atoms with van der Waals surface area (Å²) in [6, 6.07) is 1.66. The molecule has 0 spiro atoms. The largest absolute Gasteiger partial charge is 0.341 e. The molecule has 1 amide bonds. The summed E-state index contributed by atoms with van der Waals surface area (Å²) in [6.45, 7) is 4.00. The summed E-state index contributed by atoms with van der Waals surface area (Å²) in [4.78, 5) is 29.1. The van der Waals surface area contributed by atoms with Crippen LogP contribution in [0.25, 0.3) is 0 Å². The fourth-order valence-corrected chi connectivity index (χ4v) is 4.50. The van der Waals surface area contributed by atoms with Crippen molar-refractivity contribution in [2.45, 2.75) is 38.0 Å². The van der Waals surface area contributed by atoms with Crippen LogP contribution >= 0.6 is 11.3 Å². The first-order valence-corrected chi connectivity index (χ1v) is 10.2. The summed E-state index contributed by atoms with van der Waals surface area (Å²) in [5, 5.41) is 6.91. The molecule has 26 heavy (non-hydrogen) atoms. The highest BCUT2D eigenvalue weighted by molar-refractivity contribution is 7.15. The third-order valence-electron chi connectivity index (χ3n) is 5.00. The normalized spacial score (nSPS) is 18.7. The number of carbonyl (C=O) groups is 1. The molecule has 2 aromatic rings. The molecule has 8 heteroatoms. The summed E-state index contributed by atoms with van der Waals surface area (Å²) in [7, 11) is 0. The molecule has 0 bridgehead atoms. The number of aromatic nitrogens is 3. The van der Waals surface area contributed by atoms with Crippen molar-refractivity contribution in [2.24, 2.45) is 0 Å². The average Bonchev–Trinajstić information content (AvgIpc) is 3.18. The number of thiazole rings is 1. The van der Waals surface area contributed by atoms with Crippen LogP contribution in [0.15, 0.2) is 18.5 Å². The second kappa shape index (κ2) is 8.09. The van der Waals surface area contributed by atoms with Gasteiger partial charge in [0.25, 0.3) is 5.91 Å². The summed E-state index contributed by atoms with van der Waals surface area (Å²) in [5.41, 5.74) is 0.388. The van der Waals surface area contributed by atoms with Gasteiger partial charge in [0, 0.05) is 30.4 Å². The molecular weight excluding hydrogens is 348 g/mol. The minimum absolute atomic E-state index is 0.225. The number of piperidine rings is 2. The van der Waals surface area contributed by atoms with Gasteiger partial charge in [0.2, 0.25) is 5.95 Å². The van der Waals surface area contributed by atoms with Crippen LogP contribution in [0.1, 0.15) is 53.4 Å². The van der Waals surface area contributed by atoms with Gasteiger partial charge in [0.05, 0.1) is 0 Å². The number of carbonyl (C=O) groups excluding carboxylic acids is 1. The molecule has 4 rings (SSSR count). The molecule has 2 N–H and O–H groups in total. The maximum atomic E-state index is 12.6. The molecule has 2 aromatic heterocycles. The highest BCUT2D eigenvalue weighted by Crippen LogP contribution is 2.31. The monoisotopic (exact) mass is 372 g/mol. The molecule has 0 atom stereocenters. The zero-order chi connectivity index (χ0) is 17.8. The molecule has 7 nitrogen and oxygen atoms in total. The Balaban J connectivity index is 1.42. The van der Waals surface area contributed by atoms with E-state index >= 15 is 0 Å². The van der Waals surface area contributed by atoms with Crippen molar-refractivity contribution in [3.8, 4) is 0 Å². The number of hydrogen-bond donors (Lipinski definition) is 2. The first-order valence-electron chi connectivity index (χ1n) is 9.35. The quantitative estimate of drug-likeness (QED) is 0.858. The van der Waals surface area contributed by atoms with Gasteiger partial charge < -0.3 is 10.2 Å². The van der Waals surface area contributed by atoms with Crippen molar-refractivity contribution < 1.29 is 4.79 Å². The predicted molar refractivity (Wildman–Crippen MR) is 103 cm³/mol. The van der Waals surface area contributed by atoms with E-state index < -0.39 is 0 Å². The van der Waals surface area contributed by atoms with Gasteiger partial charge >= 0.3 is 0 Å². The van der Waals surface area contributed by atoms with Gasteiger partial charge in [0.15, 0.2) is 5.13 Å². The molecule has 138 valence electrons. The maximum absolute atomic E-state index is 12.6. The molecule has 0 radical (unpaired) electrons. The minimum Gasteiger partial charge on any atom is -0.341 e. The highest BCUT2D eigenvalue weighted by Gasteiger charge is 2.20. The lowest BCUT2D eigenvalue weighted by molar-refractivity contribution is 0.102. The van der Waals surface area contributed by atoms with Crippen LogP contribution in [0.3, 0.4) is 0 Å². The molecule has 4 heterocycles. The molecule has 2 saturated heterocycles. The van der Waals surface area contributed by atoms with E-state index in [1.165, 1.54) is 11.3 Å². The Bertz CT molecular complexity index is 752. The summed E-state index contributed by atoms with van der Waals surface area (Å²) in [6.07, 6.45) is 9.36. The van der Waals surface area contributed by atoms with E-state index in [4.69, 9.17) is 0 Å². The average molecular weight is 372 g/mol. The van der Waals surface area contributed by atoms with Crippen LogP contribution in [0.5, 0.6) is 0 Å². The van der Waals surface area contributed by atoms with Crippen molar-refractivity contribution >= 4 is 28.3 Å². The van der Waals surface area contributed by atoms with Gasteiger partial charge in [-0.25, -0.2) is 15.0 Å². The molecule has 2 fully saturated rings. The van der Waals surface area contributed by atoms with Crippen molar-refractivity contribution in [1.82, 2.24) is 20.3 Å². The zero-order valence-corrected chi connectivity index (χ0v) is 15.6. The van der Waals surface area contributed by atoms with Gasteiger partial charge in [-0.1, -0.05) is 0 Å². The van der Waals surface area contributed by atoms with Crippen molar-refractivity contribution in [3.63, 3.8) is 0 Å². The summed E-state index contributed by atoms with van der Waals surface area (Å²) >= 11 is 1.57. The lowest BCUT2D eigenvalue weighted by Gasteiger charge is -2.26. The van der Waals surface area contributed by atoms with Crippen LogP contribution < -0.4 is 15.5 Å². The fraction of sp³-hybridized carbons (Fsp3) is 0.556. The third-order valence-corrected chi connectivity index (χ3v) is 6.08. The van der Waals surface area contributed by atoms with E-state index in [1.54, 1.807) is 23.6 Å².